The number of hydrogen-bond donors (Lipinski definition) is 0. The molecule has 1 aliphatic heterocycles. The van der Waals surface area contributed by atoms with E-state index in [1.807, 2.05) is 31.2 Å². The van der Waals surface area contributed by atoms with Crippen molar-refractivity contribution in [2.75, 3.05) is 45.2 Å². The van der Waals surface area contributed by atoms with E-state index in [1.165, 1.54) is 0 Å². The van der Waals surface area contributed by atoms with Crippen molar-refractivity contribution in [2.24, 2.45) is 7.05 Å². The summed E-state index contributed by atoms with van der Waals surface area (Å²) in [6, 6.07) is 9.99. The Morgan fingerprint density at radius 1 is 1.03 bits per heavy atom. The first-order chi connectivity index (χ1) is 15.0. The van der Waals surface area contributed by atoms with Crippen LogP contribution in [0.5, 0.6) is 5.88 Å². The van der Waals surface area contributed by atoms with Crippen LogP contribution in [0.25, 0.3) is 27.6 Å². The maximum atomic E-state index is 13.3. The summed E-state index contributed by atoms with van der Waals surface area (Å²) in [7, 11) is 5.49. The summed E-state index contributed by atoms with van der Waals surface area (Å²) >= 11 is 0. The summed E-state index contributed by atoms with van der Waals surface area (Å²) < 4.78 is 8.98. The number of fused-ring (bicyclic) bond motifs is 3. The average molecular weight is 419 g/mol. The number of nitrogens with zero attached hydrogens (tertiary/aromatic N) is 6. The number of imidazole rings is 1. The third-order valence-electron chi connectivity index (χ3n) is 6.13. The number of methoxy groups -OCH3 is 1. The summed E-state index contributed by atoms with van der Waals surface area (Å²) in [4.78, 5) is 27.2. The molecule has 3 aromatic heterocycles. The van der Waals surface area contributed by atoms with E-state index in [0.29, 0.717) is 11.6 Å². The van der Waals surface area contributed by atoms with Crippen LogP contribution in [-0.4, -0.2) is 64.3 Å². The van der Waals surface area contributed by atoms with Gasteiger partial charge in [-0.05, 0) is 38.2 Å². The Labute approximate surface area is 180 Å². The molecule has 4 heterocycles. The molecule has 0 spiro atoms. The molecule has 1 fully saturated rings. The number of hydrogen-bond acceptors (Lipinski definition) is 6. The van der Waals surface area contributed by atoms with Crippen molar-refractivity contribution in [3.05, 3.63) is 52.6 Å². The lowest BCUT2D eigenvalue weighted by Crippen LogP contribution is -2.44. The molecule has 1 saturated heterocycles. The number of benzene rings is 1. The van der Waals surface area contributed by atoms with Gasteiger partial charge >= 0.3 is 5.69 Å². The minimum atomic E-state index is -0.154. The molecule has 4 aromatic rings. The molecule has 0 amide bonds. The Morgan fingerprint density at radius 2 is 1.81 bits per heavy atom. The molecule has 0 bridgehead atoms. The number of likely N-dealkylation sites (N-methyl/N-ethyl adjacent to an activating group) is 1. The third-order valence-corrected chi connectivity index (χ3v) is 6.13. The van der Waals surface area contributed by atoms with Gasteiger partial charge in [-0.1, -0.05) is 11.6 Å². The van der Waals surface area contributed by atoms with E-state index in [-0.39, 0.29) is 5.69 Å². The summed E-state index contributed by atoms with van der Waals surface area (Å²) in [5, 5.41) is 0.931. The minimum Gasteiger partial charge on any atom is -0.479 e. The standard InChI is InChI=1S/C23H26N6O2/c1-15-5-6-17-16(13-15)21-19(14-24-17)27(3)23(30)29(21)18-7-8-20(25-22(18)31-4)28-11-9-26(2)10-12-28/h5-8,13-14H,9-12H2,1-4H3. The summed E-state index contributed by atoms with van der Waals surface area (Å²) in [5.41, 5.74) is 4.02. The van der Waals surface area contributed by atoms with Crippen LogP contribution < -0.4 is 15.3 Å². The monoisotopic (exact) mass is 418 g/mol. The molecular weight excluding hydrogens is 392 g/mol. The van der Waals surface area contributed by atoms with E-state index >= 15 is 0 Å². The quantitative estimate of drug-likeness (QED) is 0.509. The van der Waals surface area contributed by atoms with Gasteiger partial charge in [0, 0.05) is 38.6 Å². The zero-order valence-electron chi connectivity index (χ0n) is 18.3. The summed E-state index contributed by atoms with van der Waals surface area (Å²) in [6.45, 7) is 5.85. The molecule has 0 aliphatic carbocycles. The molecule has 1 aromatic carbocycles. The molecule has 0 atom stereocenters. The number of piperazine rings is 1. The lowest BCUT2D eigenvalue weighted by molar-refractivity contribution is 0.311. The predicted molar refractivity (Wildman–Crippen MR) is 123 cm³/mol. The molecule has 160 valence electrons. The van der Waals surface area contributed by atoms with Gasteiger partial charge in [0.2, 0.25) is 5.88 Å². The van der Waals surface area contributed by atoms with Crippen LogP contribution in [0.2, 0.25) is 0 Å². The highest BCUT2D eigenvalue weighted by Gasteiger charge is 2.22. The molecule has 5 rings (SSSR count). The number of pyridine rings is 2. The van der Waals surface area contributed by atoms with Crippen molar-refractivity contribution >= 4 is 27.8 Å². The molecule has 31 heavy (non-hydrogen) atoms. The van der Waals surface area contributed by atoms with E-state index in [2.05, 4.69) is 27.9 Å². The van der Waals surface area contributed by atoms with Crippen molar-refractivity contribution < 1.29 is 4.74 Å². The van der Waals surface area contributed by atoms with Gasteiger partial charge in [-0.2, -0.15) is 4.98 Å². The van der Waals surface area contributed by atoms with E-state index < -0.39 is 0 Å². The van der Waals surface area contributed by atoms with E-state index in [0.717, 1.165) is 59.5 Å². The molecule has 8 nitrogen and oxygen atoms in total. The highest BCUT2D eigenvalue weighted by atomic mass is 16.5. The van der Waals surface area contributed by atoms with Crippen molar-refractivity contribution in [2.45, 2.75) is 6.92 Å². The van der Waals surface area contributed by atoms with Crippen LogP contribution in [0.15, 0.2) is 41.3 Å². The lowest BCUT2D eigenvalue weighted by atomic mass is 10.1. The molecule has 1 aliphatic rings. The first kappa shape index (κ1) is 19.6. The Kier molecular flexibility index (Phi) is 4.66. The molecule has 0 unspecified atom stereocenters. The fourth-order valence-corrected chi connectivity index (χ4v) is 4.29. The van der Waals surface area contributed by atoms with Gasteiger partial charge < -0.3 is 14.5 Å². The van der Waals surface area contributed by atoms with Crippen LogP contribution in [0, 0.1) is 6.92 Å². The van der Waals surface area contributed by atoms with Gasteiger partial charge in [-0.15, -0.1) is 0 Å². The molecule has 0 radical (unpaired) electrons. The number of ether oxygens (including phenoxy) is 1. The second-order valence-electron chi connectivity index (χ2n) is 8.18. The highest BCUT2D eigenvalue weighted by Crippen LogP contribution is 2.30. The third kappa shape index (κ3) is 3.14. The predicted octanol–water partition coefficient (Wildman–Crippen LogP) is 2.34. The van der Waals surface area contributed by atoms with Crippen molar-refractivity contribution in [3.63, 3.8) is 0 Å². The van der Waals surface area contributed by atoms with Gasteiger partial charge in [0.1, 0.15) is 11.5 Å². The number of rotatable bonds is 3. The Morgan fingerprint density at radius 3 is 2.55 bits per heavy atom. The number of aromatic nitrogens is 4. The topological polar surface area (TPSA) is 68.4 Å². The van der Waals surface area contributed by atoms with Crippen LogP contribution >= 0.6 is 0 Å². The summed E-state index contributed by atoms with van der Waals surface area (Å²) in [6.07, 6.45) is 1.75. The average Bonchev–Trinajstić information content (AvgIpc) is 3.04. The zero-order chi connectivity index (χ0) is 21.7. The van der Waals surface area contributed by atoms with Crippen LogP contribution in [-0.2, 0) is 7.05 Å². The van der Waals surface area contributed by atoms with E-state index in [4.69, 9.17) is 9.72 Å². The van der Waals surface area contributed by atoms with Gasteiger partial charge in [0.05, 0.1) is 29.9 Å². The largest absolute Gasteiger partial charge is 0.479 e. The van der Waals surface area contributed by atoms with Crippen molar-refractivity contribution in [1.29, 1.82) is 0 Å². The molecule has 0 N–H and O–H groups in total. The first-order valence-electron chi connectivity index (χ1n) is 10.4. The second kappa shape index (κ2) is 7.39. The normalized spacial score (nSPS) is 15.2. The Hall–Kier alpha value is -3.39. The van der Waals surface area contributed by atoms with Gasteiger partial charge in [-0.3, -0.25) is 14.1 Å². The number of aryl methyl sites for hydroxylation is 2. The van der Waals surface area contributed by atoms with Crippen LogP contribution in [0.3, 0.4) is 0 Å². The smallest absolute Gasteiger partial charge is 0.333 e. The lowest BCUT2D eigenvalue weighted by Gasteiger charge is -2.33. The zero-order valence-corrected chi connectivity index (χ0v) is 18.3. The van der Waals surface area contributed by atoms with Crippen molar-refractivity contribution in [3.8, 4) is 11.6 Å². The number of anilines is 1. The Balaban J connectivity index is 1.73. The first-order valence-corrected chi connectivity index (χ1v) is 10.4. The Bertz CT molecular complexity index is 1350. The fourth-order valence-electron chi connectivity index (χ4n) is 4.29. The second-order valence-corrected chi connectivity index (χ2v) is 8.18. The van der Waals surface area contributed by atoms with Gasteiger partial charge in [0.25, 0.3) is 0 Å². The van der Waals surface area contributed by atoms with Crippen LogP contribution in [0.4, 0.5) is 5.82 Å². The maximum Gasteiger partial charge on any atom is 0.333 e. The maximum absolute atomic E-state index is 13.3. The molecule has 8 heteroatoms. The molecular formula is C23H26N6O2. The summed E-state index contributed by atoms with van der Waals surface area (Å²) in [5.74, 6) is 1.30. The minimum absolute atomic E-state index is 0.154. The molecule has 0 saturated carbocycles. The van der Waals surface area contributed by atoms with E-state index in [1.54, 1.807) is 29.5 Å². The fraction of sp³-hybridized carbons (Fsp3) is 0.348. The van der Waals surface area contributed by atoms with Crippen LogP contribution in [0.1, 0.15) is 5.56 Å². The highest BCUT2D eigenvalue weighted by molar-refractivity contribution is 6.03. The van der Waals surface area contributed by atoms with E-state index in [9.17, 15) is 4.79 Å². The van der Waals surface area contributed by atoms with Crippen molar-refractivity contribution in [1.82, 2.24) is 24.0 Å². The van der Waals surface area contributed by atoms with Gasteiger partial charge in [-0.25, -0.2) is 4.79 Å². The SMILES string of the molecule is COc1nc(N2CCN(C)CC2)ccc1-n1c(=O)n(C)c2cnc3ccc(C)cc3c21. The van der Waals surface area contributed by atoms with Gasteiger partial charge in [0.15, 0.2) is 0 Å².